The predicted octanol–water partition coefficient (Wildman–Crippen LogP) is 4.39. The summed E-state index contributed by atoms with van der Waals surface area (Å²) in [4.78, 5) is 25.3. The highest BCUT2D eigenvalue weighted by Crippen LogP contribution is 2.60. The quantitative estimate of drug-likeness (QED) is 0.415. The molecule has 0 spiro atoms. The van der Waals surface area contributed by atoms with Crippen molar-refractivity contribution < 1.29 is 28.5 Å². The van der Waals surface area contributed by atoms with Crippen LogP contribution in [-0.4, -0.2) is 42.1 Å². The van der Waals surface area contributed by atoms with Gasteiger partial charge in [0, 0.05) is 13.0 Å². The van der Waals surface area contributed by atoms with Crippen LogP contribution in [0.25, 0.3) is 0 Å². The molecule has 0 N–H and O–H groups in total. The van der Waals surface area contributed by atoms with Crippen molar-refractivity contribution in [2.24, 2.45) is 17.3 Å². The van der Waals surface area contributed by atoms with E-state index >= 15 is 0 Å². The van der Waals surface area contributed by atoms with Crippen molar-refractivity contribution in [1.82, 2.24) is 0 Å². The molecule has 0 aromatic rings. The maximum absolute atomic E-state index is 12.8. The molecule has 4 aliphatic rings. The number of hydrogen-bond acceptors (Lipinski definition) is 6. The van der Waals surface area contributed by atoms with Gasteiger partial charge in [-0.1, -0.05) is 6.92 Å². The molecule has 6 nitrogen and oxygen atoms in total. The number of carbonyl (C=O) groups excluding carboxylic acids is 2. The Bertz CT molecular complexity index is 613. The van der Waals surface area contributed by atoms with E-state index in [-0.39, 0.29) is 5.97 Å². The van der Waals surface area contributed by atoms with E-state index < -0.39 is 35.0 Å². The van der Waals surface area contributed by atoms with Crippen molar-refractivity contribution in [2.45, 2.75) is 110 Å². The van der Waals surface area contributed by atoms with E-state index in [4.69, 9.17) is 18.9 Å². The van der Waals surface area contributed by atoms with Gasteiger partial charge in [-0.2, -0.15) is 0 Å². The van der Waals surface area contributed by atoms with Crippen molar-refractivity contribution in [1.29, 1.82) is 0 Å². The van der Waals surface area contributed by atoms with Crippen molar-refractivity contribution in [3.05, 3.63) is 0 Å². The zero-order valence-corrected chi connectivity index (χ0v) is 18.9. The van der Waals surface area contributed by atoms with Gasteiger partial charge < -0.3 is 18.9 Å². The summed E-state index contributed by atoms with van der Waals surface area (Å²) in [5.74, 6) is 0.452. The van der Waals surface area contributed by atoms with E-state index in [9.17, 15) is 9.59 Å². The molecule has 0 heterocycles. The average Bonchev–Trinajstić information content (AvgIpc) is 2.59. The van der Waals surface area contributed by atoms with E-state index in [0.29, 0.717) is 24.9 Å². The van der Waals surface area contributed by atoms with E-state index in [1.807, 2.05) is 27.7 Å². The van der Waals surface area contributed by atoms with Crippen LogP contribution in [0.15, 0.2) is 0 Å². The summed E-state index contributed by atoms with van der Waals surface area (Å²) in [6.45, 7) is 11.7. The Labute approximate surface area is 175 Å². The Balaban J connectivity index is 1.70. The zero-order valence-electron chi connectivity index (χ0n) is 18.9. The molecule has 0 saturated heterocycles. The van der Waals surface area contributed by atoms with Crippen molar-refractivity contribution >= 4 is 11.9 Å². The van der Waals surface area contributed by atoms with Crippen LogP contribution in [0.3, 0.4) is 0 Å². The highest BCUT2D eigenvalue weighted by atomic mass is 16.7. The van der Waals surface area contributed by atoms with Gasteiger partial charge in [0.1, 0.15) is 5.60 Å². The molecule has 0 radical (unpaired) electrons. The Morgan fingerprint density at radius 1 is 1.03 bits per heavy atom. The molecule has 0 aromatic heterocycles. The first-order chi connectivity index (χ1) is 13.5. The molecular weight excluding hydrogens is 372 g/mol. The minimum Gasteiger partial charge on any atom is -0.459 e. The summed E-state index contributed by atoms with van der Waals surface area (Å²) < 4.78 is 23.2. The molecule has 4 bridgehead atoms. The summed E-state index contributed by atoms with van der Waals surface area (Å²) >= 11 is 0. The monoisotopic (exact) mass is 410 g/mol. The van der Waals surface area contributed by atoms with Gasteiger partial charge in [-0.15, -0.1) is 0 Å². The molecule has 4 saturated carbocycles. The van der Waals surface area contributed by atoms with Gasteiger partial charge in [0.05, 0.1) is 11.0 Å². The Morgan fingerprint density at radius 2 is 1.62 bits per heavy atom. The molecule has 4 atom stereocenters. The van der Waals surface area contributed by atoms with Crippen LogP contribution in [0.2, 0.25) is 0 Å². The van der Waals surface area contributed by atoms with Crippen LogP contribution in [0.5, 0.6) is 0 Å². The lowest BCUT2D eigenvalue weighted by Gasteiger charge is -2.61. The van der Waals surface area contributed by atoms with Gasteiger partial charge in [-0.25, -0.2) is 4.79 Å². The van der Waals surface area contributed by atoms with Crippen LogP contribution in [0.1, 0.15) is 86.5 Å². The van der Waals surface area contributed by atoms with Crippen LogP contribution in [-0.2, 0) is 28.5 Å². The summed E-state index contributed by atoms with van der Waals surface area (Å²) in [6, 6.07) is 0. The standard InChI is InChI=1S/C23H38O6/c1-7-21(5,6)20(25)29-23-12-17-9-18(13-23)11-22(10-17,14-23)28-15(3)19(24)27-16(4)26-8-2/h15-18H,7-14H2,1-6H3. The maximum Gasteiger partial charge on any atom is 0.337 e. The zero-order chi connectivity index (χ0) is 21.4. The number of esters is 2. The molecular formula is C23H38O6. The smallest absolute Gasteiger partial charge is 0.337 e. The first-order valence-corrected chi connectivity index (χ1v) is 11.3. The minimum absolute atomic E-state index is 0.116. The van der Waals surface area contributed by atoms with E-state index in [1.165, 1.54) is 6.42 Å². The molecule has 0 aliphatic heterocycles. The lowest BCUT2D eigenvalue weighted by molar-refractivity contribution is -0.252. The third-order valence-electron chi connectivity index (χ3n) is 7.14. The van der Waals surface area contributed by atoms with Crippen LogP contribution < -0.4 is 0 Å². The summed E-state index contributed by atoms with van der Waals surface area (Å²) in [5.41, 5.74) is -1.34. The van der Waals surface area contributed by atoms with Crippen molar-refractivity contribution in [3.8, 4) is 0 Å². The third-order valence-corrected chi connectivity index (χ3v) is 7.14. The normalized spacial score (nSPS) is 35.2. The fourth-order valence-corrected chi connectivity index (χ4v) is 5.78. The molecule has 0 amide bonds. The van der Waals surface area contributed by atoms with Gasteiger partial charge in [0.25, 0.3) is 0 Å². The number of hydrogen-bond donors (Lipinski definition) is 0. The molecule has 4 aliphatic carbocycles. The lowest BCUT2D eigenvalue weighted by Crippen LogP contribution is -2.62. The van der Waals surface area contributed by atoms with E-state index in [2.05, 4.69) is 0 Å². The fraction of sp³-hybridized carbons (Fsp3) is 0.913. The Kier molecular flexibility index (Phi) is 6.36. The predicted molar refractivity (Wildman–Crippen MR) is 108 cm³/mol. The molecule has 4 fully saturated rings. The summed E-state index contributed by atoms with van der Waals surface area (Å²) in [5, 5.41) is 0. The van der Waals surface area contributed by atoms with Crippen LogP contribution in [0, 0.1) is 17.3 Å². The fourth-order valence-electron chi connectivity index (χ4n) is 5.78. The molecule has 29 heavy (non-hydrogen) atoms. The van der Waals surface area contributed by atoms with Crippen LogP contribution >= 0.6 is 0 Å². The lowest BCUT2D eigenvalue weighted by atomic mass is 9.52. The molecule has 4 rings (SSSR count). The SMILES string of the molecule is CCOC(C)OC(=O)C(C)OC12CC3CC(CC(OC(=O)C(C)(C)CC)(C3)C1)C2. The molecule has 0 aromatic carbocycles. The van der Waals surface area contributed by atoms with Crippen molar-refractivity contribution in [3.63, 3.8) is 0 Å². The first-order valence-electron chi connectivity index (χ1n) is 11.3. The van der Waals surface area contributed by atoms with Crippen LogP contribution in [0.4, 0.5) is 0 Å². The Morgan fingerprint density at radius 3 is 2.17 bits per heavy atom. The second kappa shape index (κ2) is 8.18. The van der Waals surface area contributed by atoms with Crippen molar-refractivity contribution in [2.75, 3.05) is 6.61 Å². The van der Waals surface area contributed by atoms with Gasteiger partial charge in [-0.05, 0) is 85.0 Å². The van der Waals surface area contributed by atoms with Gasteiger partial charge in [0.15, 0.2) is 12.4 Å². The van der Waals surface area contributed by atoms with Gasteiger partial charge >= 0.3 is 11.9 Å². The van der Waals surface area contributed by atoms with E-state index in [0.717, 1.165) is 32.1 Å². The molecule has 166 valence electrons. The maximum atomic E-state index is 12.8. The summed E-state index contributed by atoms with van der Waals surface area (Å²) in [6.07, 6.45) is 5.03. The highest BCUT2D eigenvalue weighted by Gasteiger charge is 2.61. The average molecular weight is 411 g/mol. The topological polar surface area (TPSA) is 71.1 Å². The molecule has 6 heteroatoms. The summed E-state index contributed by atoms with van der Waals surface area (Å²) in [7, 11) is 0. The number of carbonyl (C=O) groups is 2. The van der Waals surface area contributed by atoms with Gasteiger partial charge in [0.2, 0.25) is 0 Å². The number of rotatable bonds is 9. The largest absolute Gasteiger partial charge is 0.459 e. The van der Waals surface area contributed by atoms with Gasteiger partial charge in [-0.3, -0.25) is 4.79 Å². The minimum atomic E-state index is -0.672. The first kappa shape index (κ1) is 22.5. The highest BCUT2D eigenvalue weighted by molar-refractivity contribution is 5.76. The molecule has 4 unspecified atom stereocenters. The Hall–Kier alpha value is -1.14. The number of ether oxygens (including phenoxy) is 4. The van der Waals surface area contributed by atoms with E-state index in [1.54, 1.807) is 13.8 Å². The second-order valence-corrected chi connectivity index (χ2v) is 10.2. The second-order valence-electron chi connectivity index (χ2n) is 10.2. The third kappa shape index (κ3) is 4.79.